The van der Waals surface area contributed by atoms with Crippen LogP contribution in [-0.4, -0.2) is 76.8 Å². The number of ether oxygens (including phenoxy) is 1. The van der Waals surface area contributed by atoms with E-state index in [9.17, 15) is 18.3 Å². The van der Waals surface area contributed by atoms with Gasteiger partial charge < -0.3 is 15.2 Å². The quantitative estimate of drug-likeness (QED) is 0.703. The van der Waals surface area contributed by atoms with Gasteiger partial charge in [-0.2, -0.15) is 4.98 Å². The highest BCUT2D eigenvalue weighted by molar-refractivity contribution is 7.88. The molecule has 2 aliphatic heterocycles. The van der Waals surface area contributed by atoms with E-state index < -0.39 is 21.7 Å². The third-order valence-corrected chi connectivity index (χ3v) is 7.37. The molecule has 0 spiro atoms. The number of nitrogens with one attached hydrogen (secondary N) is 1. The number of aromatic nitrogens is 2. The highest BCUT2D eigenvalue weighted by Gasteiger charge is 2.46. The zero-order valence-corrected chi connectivity index (χ0v) is 18.4. The fourth-order valence-corrected chi connectivity index (χ4v) is 5.28. The van der Waals surface area contributed by atoms with Crippen LogP contribution >= 0.6 is 0 Å². The van der Waals surface area contributed by atoms with E-state index in [1.54, 1.807) is 24.9 Å². The number of nitrogens with zero attached hydrogens (tertiary/aromatic N) is 4. The van der Waals surface area contributed by atoms with E-state index >= 15 is 0 Å². The lowest BCUT2D eigenvalue weighted by Crippen LogP contribution is -2.56. The number of piperidine rings is 1. The number of aliphatic hydroxyl groups is 1. The van der Waals surface area contributed by atoms with Crippen molar-refractivity contribution in [2.75, 3.05) is 29.6 Å². The zero-order valence-electron chi connectivity index (χ0n) is 17.5. The molecule has 0 bridgehead atoms. The summed E-state index contributed by atoms with van der Waals surface area (Å²) in [6.45, 7) is 4.34. The van der Waals surface area contributed by atoms with E-state index in [-0.39, 0.29) is 18.0 Å². The maximum atomic E-state index is 13.1. The first-order valence-electron chi connectivity index (χ1n) is 10.3. The molecule has 1 aliphatic carbocycles. The number of carbonyl (C=O) groups excluding carboxylic acids is 1. The Bertz CT molecular complexity index is 929. The predicted octanol–water partition coefficient (Wildman–Crippen LogP) is 0.730. The highest BCUT2D eigenvalue weighted by Crippen LogP contribution is 2.40. The van der Waals surface area contributed by atoms with E-state index in [1.165, 1.54) is 10.6 Å². The molecule has 1 saturated heterocycles. The zero-order chi connectivity index (χ0) is 21.7. The molecule has 1 aromatic rings. The number of sulfonamides is 1. The molecule has 1 aromatic heterocycles. The van der Waals surface area contributed by atoms with Crippen molar-refractivity contribution in [3.63, 3.8) is 0 Å². The van der Waals surface area contributed by atoms with Gasteiger partial charge in [0, 0.05) is 25.2 Å². The largest absolute Gasteiger partial charge is 0.472 e. The summed E-state index contributed by atoms with van der Waals surface area (Å²) in [7, 11) is -3.18. The van der Waals surface area contributed by atoms with Gasteiger partial charge in [-0.1, -0.05) is 0 Å². The number of carbonyl (C=O) groups is 1. The van der Waals surface area contributed by atoms with Crippen molar-refractivity contribution in [1.29, 1.82) is 0 Å². The van der Waals surface area contributed by atoms with Crippen LogP contribution in [0.4, 0.5) is 11.8 Å². The van der Waals surface area contributed by atoms with Crippen LogP contribution in [0.1, 0.15) is 46.0 Å². The second kappa shape index (κ2) is 7.61. The average molecular weight is 440 g/mol. The number of hydrogen-bond acceptors (Lipinski definition) is 8. The summed E-state index contributed by atoms with van der Waals surface area (Å²) >= 11 is 0. The van der Waals surface area contributed by atoms with Crippen LogP contribution in [0.3, 0.4) is 0 Å². The molecule has 2 N–H and O–H groups in total. The maximum Gasteiger partial charge on any atom is 0.272 e. The van der Waals surface area contributed by atoms with Crippen LogP contribution in [0.2, 0.25) is 0 Å². The van der Waals surface area contributed by atoms with Crippen molar-refractivity contribution in [1.82, 2.24) is 14.3 Å². The third-order valence-electron chi connectivity index (χ3n) is 6.06. The monoisotopic (exact) mass is 439 g/mol. The molecule has 1 amide bonds. The lowest BCUT2D eigenvalue weighted by atomic mass is 10.0. The number of hydrogen-bond donors (Lipinski definition) is 2. The second-order valence-corrected chi connectivity index (χ2v) is 10.9. The maximum absolute atomic E-state index is 13.1. The van der Waals surface area contributed by atoms with Gasteiger partial charge in [0.1, 0.15) is 0 Å². The Morgan fingerprint density at radius 3 is 2.53 bits per heavy atom. The Hall–Kier alpha value is -1.98. The van der Waals surface area contributed by atoms with Gasteiger partial charge in [-0.25, -0.2) is 17.7 Å². The molecule has 1 saturated carbocycles. The topological polar surface area (TPSA) is 125 Å². The Labute approximate surface area is 176 Å². The first-order chi connectivity index (χ1) is 14.0. The van der Waals surface area contributed by atoms with Crippen molar-refractivity contribution >= 4 is 27.7 Å². The van der Waals surface area contributed by atoms with E-state index in [4.69, 9.17) is 4.74 Å². The molecular formula is C19H29N5O5S. The van der Waals surface area contributed by atoms with E-state index in [1.807, 2.05) is 0 Å². The van der Waals surface area contributed by atoms with Crippen LogP contribution in [0.15, 0.2) is 6.20 Å². The number of anilines is 2. The lowest BCUT2D eigenvalue weighted by molar-refractivity contribution is -0.133. The Morgan fingerprint density at radius 2 is 1.93 bits per heavy atom. The summed E-state index contributed by atoms with van der Waals surface area (Å²) in [6, 6.07) is -0.0883. The molecule has 0 aromatic carbocycles. The molecule has 10 nitrogen and oxygen atoms in total. The van der Waals surface area contributed by atoms with Gasteiger partial charge in [-0.3, -0.25) is 9.69 Å². The van der Waals surface area contributed by atoms with Gasteiger partial charge in [0.25, 0.3) is 5.91 Å². The van der Waals surface area contributed by atoms with Gasteiger partial charge >= 0.3 is 0 Å². The summed E-state index contributed by atoms with van der Waals surface area (Å²) in [5.74, 6) is 1.06. The molecule has 0 radical (unpaired) electrons. The molecule has 166 valence electrons. The Morgan fingerprint density at radius 1 is 1.23 bits per heavy atom. The molecule has 2 fully saturated rings. The summed E-state index contributed by atoms with van der Waals surface area (Å²) in [5, 5.41) is 13.3. The van der Waals surface area contributed by atoms with Crippen LogP contribution in [0.5, 0.6) is 5.75 Å². The minimum absolute atomic E-state index is 0.0412. The number of rotatable bonds is 4. The Balaban J connectivity index is 1.55. The average Bonchev–Trinajstić information content (AvgIpc) is 3.08. The van der Waals surface area contributed by atoms with Crippen LogP contribution in [-0.2, 0) is 14.8 Å². The molecule has 4 rings (SSSR count). The SMILES string of the molecule is CC1(C)Oc2cnc(NC3CCN(S(C)(=O)=O)CC3)nc2N(C2CCC(O)C2)C1=O. The molecule has 2 atom stereocenters. The van der Waals surface area contributed by atoms with Crippen LogP contribution in [0.25, 0.3) is 0 Å². The van der Waals surface area contributed by atoms with Crippen molar-refractivity contribution in [2.24, 2.45) is 0 Å². The smallest absolute Gasteiger partial charge is 0.272 e. The molecule has 30 heavy (non-hydrogen) atoms. The molecule has 2 unspecified atom stereocenters. The van der Waals surface area contributed by atoms with E-state index in [0.29, 0.717) is 62.7 Å². The summed E-state index contributed by atoms with van der Waals surface area (Å²) in [6.07, 6.45) is 5.54. The van der Waals surface area contributed by atoms with E-state index in [2.05, 4.69) is 15.3 Å². The Kier molecular flexibility index (Phi) is 5.39. The number of aliphatic hydroxyl groups excluding tert-OH is 1. The number of fused-ring (bicyclic) bond motifs is 1. The standard InChI is InChI=1S/C19H29N5O5S/c1-19(2)17(26)24(13-4-5-14(25)10-13)16-15(29-19)11-20-18(22-16)21-12-6-8-23(9-7-12)30(3,27)28/h11-14,25H,4-10H2,1-3H3,(H,20,21,22). The van der Waals surface area contributed by atoms with Crippen molar-refractivity contribution < 1.29 is 23.1 Å². The summed E-state index contributed by atoms with van der Waals surface area (Å²) in [4.78, 5) is 23.7. The lowest BCUT2D eigenvalue weighted by Gasteiger charge is -2.40. The number of amides is 1. The normalized spacial score (nSPS) is 27.6. The van der Waals surface area contributed by atoms with Gasteiger partial charge in [0.15, 0.2) is 17.2 Å². The van der Waals surface area contributed by atoms with Crippen LogP contribution in [0, 0.1) is 0 Å². The highest BCUT2D eigenvalue weighted by atomic mass is 32.2. The van der Waals surface area contributed by atoms with Gasteiger partial charge in [-0.05, 0) is 46.0 Å². The second-order valence-electron chi connectivity index (χ2n) is 8.87. The van der Waals surface area contributed by atoms with Gasteiger partial charge in [-0.15, -0.1) is 0 Å². The van der Waals surface area contributed by atoms with E-state index in [0.717, 1.165) is 0 Å². The van der Waals surface area contributed by atoms with Gasteiger partial charge in [0.2, 0.25) is 16.0 Å². The molecule has 11 heteroatoms. The fraction of sp³-hybridized carbons (Fsp3) is 0.737. The minimum atomic E-state index is -3.18. The fourth-order valence-electron chi connectivity index (χ4n) is 4.40. The third kappa shape index (κ3) is 4.10. The molecule has 3 aliphatic rings. The van der Waals surface area contributed by atoms with Crippen molar-refractivity contribution in [2.45, 2.75) is 69.7 Å². The summed E-state index contributed by atoms with van der Waals surface area (Å²) < 4.78 is 30.7. The van der Waals surface area contributed by atoms with Crippen molar-refractivity contribution in [3.8, 4) is 5.75 Å². The van der Waals surface area contributed by atoms with Crippen molar-refractivity contribution in [3.05, 3.63) is 6.20 Å². The summed E-state index contributed by atoms with van der Waals surface area (Å²) in [5.41, 5.74) is -1.03. The minimum Gasteiger partial charge on any atom is -0.472 e. The van der Waals surface area contributed by atoms with Crippen LogP contribution < -0.4 is 15.0 Å². The first kappa shape index (κ1) is 21.3. The molecule has 3 heterocycles. The molecular weight excluding hydrogens is 410 g/mol. The van der Waals surface area contributed by atoms with Gasteiger partial charge in [0.05, 0.1) is 18.6 Å². The first-order valence-corrected chi connectivity index (χ1v) is 12.2. The predicted molar refractivity (Wildman–Crippen MR) is 111 cm³/mol.